The number of pyridine rings is 1. The van der Waals surface area contributed by atoms with Crippen molar-refractivity contribution in [1.82, 2.24) is 20.3 Å². The van der Waals surface area contributed by atoms with Crippen LogP contribution in [0.5, 0.6) is 0 Å². The maximum atomic E-state index is 14.1. The molecule has 0 spiro atoms. The minimum atomic E-state index is -0.448. The molecule has 0 unspecified atom stereocenters. The molecule has 0 atom stereocenters. The summed E-state index contributed by atoms with van der Waals surface area (Å²) >= 11 is 5.96. The van der Waals surface area contributed by atoms with Crippen LogP contribution in [0.3, 0.4) is 0 Å². The van der Waals surface area contributed by atoms with Crippen molar-refractivity contribution in [1.29, 1.82) is 0 Å². The number of carbonyl (C=O) groups excluding carboxylic acids is 1. The Morgan fingerprint density at radius 1 is 1.29 bits per heavy atom. The summed E-state index contributed by atoms with van der Waals surface area (Å²) in [6.45, 7) is 4.72. The second-order valence-corrected chi connectivity index (χ2v) is 6.76. The predicted octanol–water partition coefficient (Wildman–Crippen LogP) is 3.05. The van der Waals surface area contributed by atoms with Crippen LogP contribution >= 0.6 is 11.6 Å². The number of amides is 1. The minimum absolute atomic E-state index is 0.0492. The average Bonchev–Trinajstić information content (AvgIpc) is 2.67. The van der Waals surface area contributed by atoms with Crippen LogP contribution in [0.1, 0.15) is 0 Å². The molecule has 0 bridgehead atoms. The van der Waals surface area contributed by atoms with Crippen molar-refractivity contribution in [3.63, 3.8) is 0 Å². The first-order valence-corrected chi connectivity index (χ1v) is 8.93. The first kappa shape index (κ1) is 18.1. The lowest BCUT2D eigenvalue weighted by molar-refractivity contribution is -0.117. The number of carbonyl (C=O) groups is 1. The predicted molar refractivity (Wildman–Crippen MR) is 106 cm³/mol. The van der Waals surface area contributed by atoms with E-state index in [1.165, 1.54) is 30.6 Å². The molecule has 1 fully saturated rings. The van der Waals surface area contributed by atoms with Gasteiger partial charge in [0.2, 0.25) is 5.91 Å². The Morgan fingerprint density at radius 2 is 2.11 bits per heavy atom. The van der Waals surface area contributed by atoms with Crippen molar-refractivity contribution < 1.29 is 9.18 Å². The highest BCUT2D eigenvalue weighted by molar-refractivity contribution is 6.30. The van der Waals surface area contributed by atoms with Crippen LogP contribution < -0.4 is 15.5 Å². The maximum Gasteiger partial charge on any atom is 0.243 e. The summed E-state index contributed by atoms with van der Waals surface area (Å²) in [5.74, 6) is 0.460. The summed E-state index contributed by atoms with van der Waals surface area (Å²) in [7, 11) is 0. The van der Waals surface area contributed by atoms with Gasteiger partial charge >= 0.3 is 0 Å². The number of hydrogen-bond donors (Lipinski definition) is 2. The zero-order chi connectivity index (χ0) is 19.7. The van der Waals surface area contributed by atoms with Gasteiger partial charge in [0.15, 0.2) is 5.82 Å². The van der Waals surface area contributed by atoms with E-state index in [1.807, 2.05) is 17.0 Å². The van der Waals surface area contributed by atoms with Gasteiger partial charge in [0.25, 0.3) is 0 Å². The molecule has 2 aromatic heterocycles. The average molecular weight is 399 g/mol. The SMILES string of the molecule is C=CC(=O)NC1CN(c2ccc3ncnc(Nc4cc(Cl)ccc4F)c3n2)C1. The Bertz CT molecular complexity index is 1070. The number of hydrogen-bond acceptors (Lipinski definition) is 6. The number of nitrogens with one attached hydrogen (secondary N) is 2. The smallest absolute Gasteiger partial charge is 0.243 e. The molecule has 3 heterocycles. The first-order chi connectivity index (χ1) is 13.5. The number of halogens is 2. The summed E-state index contributed by atoms with van der Waals surface area (Å²) in [4.78, 5) is 26.4. The van der Waals surface area contributed by atoms with Crippen molar-refractivity contribution >= 4 is 45.9 Å². The van der Waals surface area contributed by atoms with E-state index in [0.717, 1.165) is 5.82 Å². The largest absolute Gasteiger partial charge is 0.352 e. The molecule has 4 rings (SSSR count). The molecular weight excluding hydrogens is 383 g/mol. The number of fused-ring (bicyclic) bond motifs is 1. The molecule has 1 amide bonds. The van der Waals surface area contributed by atoms with Crippen molar-refractivity contribution in [3.8, 4) is 0 Å². The van der Waals surface area contributed by atoms with Crippen LogP contribution in [-0.2, 0) is 4.79 Å². The molecule has 1 aliphatic heterocycles. The molecule has 142 valence electrons. The van der Waals surface area contributed by atoms with E-state index < -0.39 is 5.82 Å². The number of anilines is 3. The highest BCUT2D eigenvalue weighted by Crippen LogP contribution is 2.28. The number of nitrogens with zero attached hydrogens (tertiary/aromatic N) is 4. The van der Waals surface area contributed by atoms with E-state index in [9.17, 15) is 9.18 Å². The fourth-order valence-electron chi connectivity index (χ4n) is 2.94. The fraction of sp³-hybridized carbons (Fsp3) is 0.158. The van der Waals surface area contributed by atoms with E-state index in [1.54, 1.807) is 0 Å². The lowest BCUT2D eigenvalue weighted by atomic mass is 10.1. The zero-order valence-electron chi connectivity index (χ0n) is 14.7. The van der Waals surface area contributed by atoms with E-state index in [4.69, 9.17) is 11.6 Å². The Morgan fingerprint density at radius 3 is 2.89 bits per heavy atom. The molecule has 0 radical (unpaired) electrons. The van der Waals surface area contributed by atoms with Crippen molar-refractivity contribution in [2.24, 2.45) is 0 Å². The summed E-state index contributed by atoms with van der Waals surface area (Å²) in [5.41, 5.74) is 1.34. The molecule has 28 heavy (non-hydrogen) atoms. The molecular formula is C19H16ClFN6O. The Hall–Kier alpha value is -3.26. The molecule has 0 saturated carbocycles. The number of benzene rings is 1. The van der Waals surface area contributed by atoms with Gasteiger partial charge in [-0.2, -0.15) is 0 Å². The standard InChI is InChI=1S/C19H16ClFN6O/c1-2-17(28)24-12-8-27(9-12)16-6-5-14-18(26-16)19(23-10-22-14)25-15-7-11(20)3-4-13(15)21/h2-7,10,12H,1,8-9H2,(H,24,28)(H,22,23,25). The van der Waals surface area contributed by atoms with Crippen LogP contribution in [0, 0.1) is 5.82 Å². The lowest BCUT2D eigenvalue weighted by Gasteiger charge is -2.40. The normalized spacial score (nSPS) is 13.9. The monoisotopic (exact) mass is 398 g/mol. The van der Waals surface area contributed by atoms with E-state index >= 15 is 0 Å². The van der Waals surface area contributed by atoms with Crippen molar-refractivity contribution in [2.75, 3.05) is 23.3 Å². The molecule has 9 heteroatoms. The quantitative estimate of drug-likeness (QED) is 0.643. The fourth-order valence-corrected chi connectivity index (χ4v) is 3.11. The van der Waals surface area contributed by atoms with Crippen LogP contribution in [0.25, 0.3) is 11.0 Å². The summed E-state index contributed by atoms with van der Waals surface area (Å²) in [6.07, 6.45) is 2.64. The van der Waals surface area contributed by atoms with Gasteiger partial charge in [-0.15, -0.1) is 0 Å². The van der Waals surface area contributed by atoms with Gasteiger partial charge in [-0.1, -0.05) is 18.2 Å². The third kappa shape index (κ3) is 3.59. The highest BCUT2D eigenvalue weighted by atomic mass is 35.5. The molecule has 0 aliphatic carbocycles. The van der Waals surface area contributed by atoms with Gasteiger partial charge < -0.3 is 15.5 Å². The van der Waals surface area contributed by atoms with Gasteiger partial charge in [-0.25, -0.2) is 19.3 Å². The van der Waals surface area contributed by atoms with E-state index in [-0.39, 0.29) is 17.6 Å². The third-order valence-electron chi connectivity index (χ3n) is 4.39. The molecule has 3 aromatic rings. The van der Waals surface area contributed by atoms with E-state index in [2.05, 4.69) is 32.2 Å². The second-order valence-electron chi connectivity index (χ2n) is 6.32. The number of rotatable bonds is 5. The third-order valence-corrected chi connectivity index (χ3v) is 4.62. The van der Waals surface area contributed by atoms with Crippen LogP contribution in [0.15, 0.2) is 49.3 Å². The Kier molecular flexibility index (Phi) is 4.79. The van der Waals surface area contributed by atoms with Crippen molar-refractivity contribution in [3.05, 3.63) is 60.2 Å². The van der Waals surface area contributed by atoms with Crippen LogP contribution in [0.2, 0.25) is 5.02 Å². The highest BCUT2D eigenvalue weighted by Gasteiger charge is 2.28. The minimum Gasteiger partial charge on any atom is -0.352 e. The van der Waals surface area contributed by atoms with Gasteiger partial charge in [0.1, 0.15) is 23.5 Å². The topological polar surface area (TPSA) is 83.0 Å². The van der Waals surface area contributed by atoms with Crippen molar-refractivity contribution in [2.45, 2.75) is 6.04 Å². The Balaban J connectivity index is 1.59. The van der Waals surface area contributed by atoms with Gasteiger partial charge in [0, 0.05) is 18.1 Å². The Labute approximate surface area is 165 Å². The first-order valence-electron chi connectivity index (χ1n) is 8.55. The second kappa shape index (κ2) is 7.40. The van der Waals surface area contributed by atoms with Gasteiger partial charge in [-0.05, 0) is 36.4 Å². The summed E-state index contributed by atoms with van der Waals surface area (Å²) in [6, 6.07) is 7.97. The van der Waals surface area contributed by atoms with Crippen LogP contribution in [0.4, 0.5) is 21.7 Å². The molecule has 2 N–H and O–H groups in total. The van der Waals surface area contributed by atoms with Gasteiger partial charge in [-0.3, -0.25) is 4.79 Å². The molecule has 1 aliphatic rings. The lowest BCUT2D eigenvalue weighted by Crippen LogP contribution is -2.59. The zero-order valence-corrected chi connectivity index (χ0v) is 15.4. The summed E-state index contributed by atoms with van der Waals surface area (Å²) < 4.78 is 14.1. The van der Waals surface area contributed by atoms with E-state index in [0.29, 0.717) is 35.0 Å². The van der Waals surface area contributed by atoms with Crippen LogP contribution in [-0.4, -0.2) is 40.0 Å². The molecule has 1 aromatic carbocycles. The van der Waals surface area contributed by atoms with Gasteiger partial charge in [0.05, 0.1) is 17.2 Å². The summed E-state index contributed by atoms with van der Waals surface area (Å²) in [5, 5.41) is 6.19. The number of aromatic nitrogens is 3. The molecule has 7 nitrogen and oxygen atoms in total. The maximum absolute atomic E-state index is 14.1. The molecule has 1 saturated heterocycles.